The fourth-order valence-electron chi connectivity index (χ4n) is 4.59. The fraction of sp³-hybridized carbons (Fsp3) is 0.462. The van der Waals surface area contributed by atoms with Crippen LogP contribution in [-0.4, -0.2) is 9.97 Å². The molecule has 1 heterocycles. The molecule has 3 N–H and O–H groups in total. The lowest BCUT2D eigenvalue weighted by molar-refractivity contribution is -0.137. The Kier molecular flexibility index (Phi) is 7.20. The average Bonchev–Trinajstić information content (AvgIpc) is 3.15. The molecule has 1 aliphatic rings. The minimum Gasteiger partial charge on any atom is -0.399 e. The van der Waals surface area contributed by atoms with Gasteiger partial charge in [0.1, 0.15) is 11.6 Å². The van der Waals surface area contributed by atoms with Crippen molar-refractivity contribution in [3.05, 3.63) is 57.9 Å². The van der Waals surface area contributed by atoms with Crippen molar-refractivity contribution in [1.29, 1.82) is 0 Å². The Balaban J connectivity index is 0.00000149. The molecule has 0 aliphatic heterocycles. The number of aryl methyl sites for hydroxylation is 2. The second kappa shape index (κ2) is 9.57. The Morgan fingerprint density at radius 1 is 1.09 bits per heavy atom. The van der Waals surface area contributed by atoms with Crippen molar-refractivity contribution in [3.8, 4) is 0 Å². The molecule has 4 nitrogen and oxygen atoms in total. The van der Waals surface area contributed by atoms with Gasteiger partial charge in [0.15, 0.2) is 0 Å². The van der Waals surface area contributed by atoms with Crippen molar-refractivity contribution in [2.75, 3.05) is 11.1 Å². The van der Waals surface area contributed by atoms with Crippen molar-refractivity contribution in [2.45, 2.75) is 73.0 Å². The maximum Gasteiger partial charge on any atom is 0.416 e. The van der Waals surface area contributed by atoms with Crippen molar-refractivity contribution in [3.63, 3.8) is 0 Å². The summed E-state index contributed by atoms with van der Waals surface area (Å²) in [5.74, 6) is 1.85. The number of benzene rings is 2. The number of hydrogen-bond acceptors (Lipinski definition) is 4. The Labute approximate surface area is 193 Å². The molecule has 0 saturated heterocycles. The van der Waals surface area contributed by atoms with Crippen LogP contribution in [-0.2, 0) is 25.4 Å². The molecule has 7 heteroatoms. The van der Waals surface area contributed by atoms with Crippen LogP contribution in [0.1, 0.15) is 74.3 Å². The molecule has 0 saturated carbocycles. The second-order valence-electron chi connectivity index (χ2n) is 8.63. The first-order valence-electron chi connectivity index (χ1n) is 11.6. The van der Waals surface area contributed by atoms with Crippen LogP contribution in [0.3, 0.4) is 0 Å². The highest BCUT2D eigenvalue weighted by Gasteiger charge is 2.31. The molecule has 178 valence electrons. The van der Waals surface area contributed by atoms with Gasteiger partial charge in [-0.3, -0.25) is 0 Å². The summed E-state index contributed by atoms with van der Waals surface area (Å²) in [7, 11) is 0. The number of anilines is 2. The zero-order chi connectivity index (χ0) is 24.5. The molecular weight excluding hydrogens is 425 g/mol. The number of nitrogen functional groups attached to an aromatic ring is 1. The number of fused-ring (bicyclic) bond motifs is 3. The summed E-state index contributed by atoms with van der Waals surface area (Å²) in [5, 5.41) is 4.25. The lowest BCUT2D eigenvalue weighted by Gasteiger charge is -2.20. The predicted molar refractivity (Wildman–Crippen MR) is 129 cm³/mol. The molecule has 1 unspecified atom stereocenters. The highest BCUT2D eigenvalue weighted by atomic mass is 19.4. The lowest BCUT2D eigenvalue weighted by atomic mass is 9.97. The van der Waals surface area contributed by atoms with Gasteiger partial charge in [0.25, 0.3) is 0 Å². The van der Waals surface area contributed by atoms with Crippen LogP contribution in [0.4, 0.5) is 24.7 Å². The van der Waals surface area contributed by atoms with Crippen molar-refractivity contribution < 1.29 is 13.2 Å². The molecule has 0 fully saturated rings. The van der Waals surface area contributed by atoms with Crippen LogP contribution in [0, 0.1) is 12.8 Å². The Morgan fingerprint density at radius 3 is 2.39 bits per heavy atom. The maximum absolute atomic E-state index is 13.2. The van der Waals surface area contributed by atoms with Crippen molar-refractivity contribution in [1.82, 2.24) is 9.97 Å². The van der Waals surface area contributed by atoms with Gasteiger partial charge in [-0.25, -0.2) is 9.97 Å². The molecule has 33 heavy (non-hydrogen) atoms. The third-order valence-electron chi connectivity index (χ3n) is 6.06. The van der Waals surface area contributed by atoms with E-state index in [9.17, 15) is 13.2 Å². The standard InChI is InChI=1S/C24H27F3N4.C2H6/c1-5-15-10-21-22(20-7-12(2)6-19(15)20)30-14(4)31-23(21)29-13(3)16-8-17(24(25,26)27)11-18(28)9-16;1-2/h8-13H,5-7,28H2,1-4H3,(H,29,30,31);1-2H3/t12?,13-;/m1./s1. The topological polar surface area (TPSA) is 63.8 Å². The molecule has 1 aromatic heterocycles. The molecule has 3 aromatic rings. The summed E-state index contributed by atoms with van der Waals surface area (Å²) in [4.78, 5) is 9.34. The minimum absolute atomic E-state index is 0.0854. The first-order chi connectivity index (χ1) is 15.6. The van der Waals surface area contributed by atoms with Crippen LogP contribution in [0.25, 0.3) is 10.9 Å². The van der Waals surface area contributed by atoms with Gasteiger partial charge in [-0.15, -0.1) is 0 Å². The van der Waals surface area contributed by atoms with E-state index < -0.39 is 17.8 Å². The minimum atomic E-state index is -4.45. The van der Waals surface area contributed by atoms with Crippen LogP contribution in [0.5, 0.6) is 0 Å². The van der Waals surface area contributed by atoms with E-state index in [1.54, 1.807) is 6.07 Å². The van der Waals surface area contributed by atoms with E-state index in [1.165, 1.54) is 16.7 Å². The molecule has 1 aliphatic carbocycles. The van der Waals surface area contributed by atoms with Gasteiger partial charge >= 0.3 is 6.18 Å². The zero-order valence-corrected chi connectivity index (χ0v) is 20.2. The zero-order valence-electron chi connectivity index (χ0n) is 20.2. The van der Waals surface area contributed by atoms with Gasteiger partial charge in [-0.1, -0.05) is 27.7 Å². The number of nitrogens with one attached hydrogen (secondary N) is 1. The smallest absolute Gasteiger partial charge is 0.399 e. The number of rotatable bonds is 4. The monoisotopic (exact) mass is 458 g/mol. The van der Waals surface area contributed by atoms with E-state index in [-0.39, 0.29) is 5.69 Å². The summed E-state index contributed by atoms with van der Waals surface area (Å²) in [6, 6.07) is 5.39. The van der Waals surface area contributed by atoms with E-state index in [4.69, 9.17) is 10.7 Å². The summed E-state index contributed by atoms with van der Waals surface area (Å²) >= 11 is 0. The summed E-state index contributed by atoms with van der Waals surface area (Å²) in [6.07, 6.45) is -1.50. The third-order valence-corrected chi connectivity index (χ3v) is 6.06. The quantitative estimate of drug-likeness (QED) is 0.412. The van der Waals surface area contributed by atoms with Crippen LogP contribution >= 0.6 is 0 Å². The van der Waals surface area contributed by atoms with Crippen LogP contribution in [0.15, 0.2) is 24.3 Å². The summed E-state index contributed by atoms with van der Waals surface area (Å²) in [5.41, 5.74) is 10.5. The van der Waals surface area contributed by atoms with E-state index in [0.29, 0.717) is 23.1 Å². The summed E-state index contributed by atoms with van der Waals surface area (Å²) in [6.45, 7) is 12.0. The van der Waals surface area contributed by atoms with Gasteiger partial charge in [-0.2, -0.15) is 13.2 Å². The largest absolute Gasteiger partial charge is 0.416 e. The first kappa shape index (κ1) is 24.8. The predicted octanol–water partition coefficient (Wildman–Crippen LogP) is 7.04. The van der Waals surface area contributed by atoms with Gasteiger partial charge < -0.3 is 11.1 Å². The van der Waals surface area contributed by atoms with E-state index in [2.05, 4.69) is 30.2 Å². The number of nitrogens with two attached hydrogens (primary N) is 1. The number of alkyl halides is 3. The lowest BCUT2D eigenvalue weighted by Crippen LogP contribution is -2.13. The molecule has 0 radical (unpaired) electrons. The Hall–Kier alpha value is -2.83. The van der Waals surface area contributed by atoms with E-state index in [1.807, 2.05) is 27.7 Å². The van der Waals surface area contributed by atoms with Crippen LogP contribution < -0.4 is 11.1 Å². The molecular formula is C26H33F3N4. The molecule has 2 aromatic carbocycles. The highest BCUT2D eigenvalue weighted by molar-refractivity contribution is 5.93. The number of hydrogen-bond donors (Lipinski definition) is 2. The van der Waals surface area contributed by atoms with Crippen molar-refractivity contribution in [2.24, 2.45) is 5.92 Å². The molecule has 4 rings (SSSR count). The van der Waals surface area contributed by atoms with Gasteiger partial charge in [-0.05, 0) is 85.5 Å². The first-order valence-corrected chi connectivity index (χ1v) is 11.6. The molecule has 0 spiro atoms. The molecule has 0 amide bonds. The van der Waals surface area contributed by atoms with Crippen LogP contribution in [0.2, 0.25) is 0 Å². The molecule has 2 atom stereocenters. The highest BCUT2D eigenvalue weighted by Crippen LogP contribution is 2.38. The van der Waals surface area contributed by atoms with Gasteiger partial charge in [0, 0.05) is 11.1 Å². The van der Waals surface area contributed by atoms with E-state index in [0.717, 1.165) is 42.3 Å². The second-order valence-corrected chi connectivity index (χ2v) is 8.63. The molecule has 0 bridgehead atoms. The SMILES string of the molecule is CC.CCc1cc2c(N[C@H](C)c3cc(N)cc(C(F)(F)F)c3)nc(C)nc2c2c1CC(C)C2. The third kappa shape index (κ3) is 5.07. The fourth-order valence-corrected chi connectivity index (χ4v) is 4.59. The Morgan fingerprint density at radius 2 is 1.76 bits per heavy atom. The van der Waals surface area contributed by atoms with Gasteiger partial charge in [0.05, 0.1) is 17.1 Å². The summed E-state index contributed by atoms with van der Waals surface area (Å²) < 4.78 is 39.7. The number of nitrogens with zero attached hydrogens (tertiary/aromatic N) is 2. The number of aromatic nitrogens is 2. The van der Waals surface area contributed by atoms with Gasteiger partial charge in [0.2, 0.25) is 0 Å². The Bertz CT molecular complexity index is 1150. The van der Waals surface area contributed by atoms with Crippen molar-refractivity contribution >= 4 is 22.4 Å². The maximum atomic E-state index is 13.2. The average molecular weight is 459 g/mol. The number of halogens is 3. The van der Waals surface area contributed by atoms with E-state index >= 15 is 0 Å². The normalized spacial score (nSPS) is 16.2.